The normalized spacial score (nSPS) is 10.9. The molecule has 0 amide bonds. The number of aryl methyl sites for hydroxylation is 3. The number of hydrogen-bond acceptors (Lipinski definition) is 2. The van der Waals surface area contributed by atoms with Gasteiger partial charge in [0.25, 0.3) is 0 Å². The van der Waals surface area contributed by atoms with Crippen LogP contribution >= 0.6 is 0 Å². The number of hydrogen-bond donors (Lipinski definition) is 2. The van der Waals surface area contributed by atoms with E-state index in [4.69, 9.17) is 5.73 Å². The summed E-state index contributed by atoms with van der Waals surface area (Å²) in [4.78, 5) is 7.99. The molecule has 1 heterocycles. The summed E-state index contributed by atoms with van der Waals surface area (Å²) < 4.78 is 0. The van der Waals surface area contributed by atoms with Gasteiger partial charge in [-0.1, -0.05) is 66.8 Å². The van der Waals surface area contributed by atoms with Crippen molar-refractivity contribution < 1.29 is 0 Å². The highest BCUT2D eigenvalue weighted by Gasteiger charge is 2.05. The van der Waals surface area contributed by atoms with Crippen molar-refractivity contribution in [2.45, 2.75) is 33.7 Å². The second kappa shape index (κ2) is 10.2. The van der Waals surface area contributed by atoms with Gasteiger partial charge in [0.2, 0.25) is 0 Å². The zero-order chi connectivity index (χ0) is 23.2. The van der Waals surface area contributed by atoms with E-state index in [2.05, 4.69) is 85.1 Å². The van der Waals surface area contributed by atoms with E-state index >= 15 is 0 Å². The molecule has 0 aliphatic heterocycles. The molecule has 1 aromatic heterocycles. The minimum atomic E-state index is 0.545. The lowest BCUT2D eigenvalue weighted by molar-refractivity contribution is 1.07. The number of rotatable bonds is 5. The molecule has 33 heavy (non-hydrogen) atoms. The van der Waals surface area contributed by atoms with Gasteiger partial charge >= 0.3 is 0 Å². The van der Waals surface area contributed by atoms with Gasteiger partial charge in [-0.3, -0.25) is 0 Å². The molecule has 3 aromatic carbocycles. The van der Waals surface area contributed by atoms with Crippen LogP contribution in [0.5, 0.6) is 0 Å². The SMILES string of the molecule is CCc1ccc(C#Cc2ccc(CN)cc2)cc1/C=C/c1ncc(-c2ccc(C)cc2C)[nH]1. The van der Waals surface area contributed by atoms with Crippen LogP contribution in [-0.4, -0.2) is 9.97 Å². The maximum Gasteiger partial charge on any atom is 0.130 e. The van der Waals surface area contributed by atoms with Gasteiger partial charge in [0, 0.05) is 23.2 Å². The van der Waals surface area contributed by atoms with Crippen LogP contribution in [0.4, 0.5) is 0 Å². The minimum Gasteiger partial charge on any atom is -0.338 e. The average Bonchev–Trinajstić information content (AvgIpc) is 3.30. The van der Waals surface area contributed by atoms with Crippen molar-refractivity contribution in [3.05, 3.63) is 112 Å². The smallest absolute Gasteiger partial charge is 0.130 e. The third-order valence-electron chi connectivity index (χ3n) is 5.76. The first-order valence-corrected chi connectivity index (χ1v) is 11.3. The van der Waals surface area contributed by atoms with E-state index in [0.717, 1.165) is 40.2 Å². The highest BCUT2D eigenvalue weighted by Crippen LogP contribution is 2.23. The number of aromatic nitrogens is 2. The van der Waals surface area contributed by atoms with Crippen LogP contribution in [0.15, 0.2) is 66.9 Å². The summed E-state index contributed by atoms with van der Waals surface area (Å²) in [6, 6.07) is 20.9. The number of nitrogens with zero attached hydrogens (tertiary/aromatic N) is 1. The van der Waals surface area contributed by atoms with Crippen LogP contribution in [0, 0.1) is 25.7 Å². The molecule has 3 N–H and O–H groups in total. The third-order valence-corrected chi connectivity index (χ3v) is 5.76. The Labute approximate surface area is 196 Å². The van der Waals surface area contributed by atoms with Gasteiger partial charge in [-0.2, -0.15) is 0 Å². The standard InChI is InChI=1S/C30H29N3/c1-4-26-13-12-24(9-6-23-7-10-25(19-31)11-8-23)18-27(26)14-16-30-32-20-29(33-30)28-15-5-21(2)17-22(28)3/h5,7-8,10-18,20H,4,19,31H2,1-3H3,(H,32,33)/b16-14+. The van der Waals surface area contributed by atoms with E-state index in [1.165, 1.54) is 22.3 Å². The van der Waals surface area contributed by atoms with E-state index in [1.807, 2.05) is 36.5 Å². The summed E-state index contributed by atoms with van der Waals surface area (Å²) >= 11 is 0. The van der Waals surface area contributed by atoms with Crippen LogP contribution in [0.25, 0.3) is 23.4 Å². The van der Waals surface area contributed by atoms with Crippen LogP contribution in [0.1, 0.15) is 51.7 Å². The summed E-state index contributed by atoms with van der Waals surface area (Å²) in [5.41, 5.74) is 15.9. The lowest BCUT2D eigenvalue weighted by Crippen LogP contribution is -1.95. The van der Waals surface area contributed by atoms with Gasteiger partial charge in [-0.25, -0.2) is 4.98 Å². The van der Waals surface area contributed by atoms with Gasteiger partial charge in [0.1, 0.15) is 5.82 Å². The number of nitrogens with two attached hydrogens (primary N) is 1. The second-order valence-corrected chi connectivity index (χ2v) is 8.25. The number of benzene rings is 3. The maximum atomic E-state index is 5.67. The fourth-order valence-corrected chi connectivity index (χ4v) is 3.86. The molecule has 164 valence electrons. The Kier molecular flexibility index (Phi) is 6.88. The number of H-pyrrole nitrogens is 1. The number of nitrogens with one attached hydrogen (secondary N) is 1. The van der Waals surface area contributed by atoms with Gasteiger partial charge in [-0.05, 0) is 72.9 Å². The Morgan fingerprint density at radius 1 is 0.909 bits per heavy atom. The fraction of sp³-hybridized carbons (Fsp3) is 0.167. The van der Waals surface area contributed by atoms with Crippen molar-refractivity contribution in [2.24, 2.45) is 5.73 Å². The largest absolute Gasteiger partial charge is 0.338 e. The molecular weight excluding hydrogens is 402 g/mol. The van der Waals surface area contributed by atoms with Gasteiger partial charge in [0.15, 0.2) is 0 Å². The molecule has 0 saturated heterocycles. The molecule has 0 bridgehead atoms. The van der Waals surface area contributed by atoms with Crippen molar-refractivity contribution in [3.8, 4) is 23.1 Å². The van der Waals surface area contributed by atoms with Crippen LogP contribution in [-0.2, 0) is 13.0 Å². The zero-order valence-electron chi connectivity index (χ0n) is 19.4. The van der Waals surface area contributed by atoms with Crippen molar-refractivity contribution in [3.63, 3.8) is 0 Å². The molecule has 0 atom stereocenters. The van der Waals surface area contributed by atoms with Gasteiger partial charge in [0.05, 0.1) is 11.9 Å². The van der Waals surface area contributed by atoms with E-state index in [-0.39, 0.29) is 0 Å². The Morgan fingerprint density at radius 2 is 1.67 bits per heavy atom. The van der Waals surface area contributed by atoms with Crippen molar-refractivity contribution in [1.82, 2.24) is 9.97 Å². The highest BCUT2D eigenvalue weighted by molar-refractivity contribution is 5.72. The fourth-order valence-electron chi connectivity index (χ4n) is 3.86. The first-order chi connectivity index (χ1) is 16.1. The predicted octanol–water partition coefficient (Wildman–Crippen LogP) is 6.28. The monoisotopic (exact) mass is 431 g/mol. The average molecular weight is 432 g/mol. The quantitative estimate of drug-likeness (QED) is 0.365. The van der Waals surface area contributed by atoms with E-state index in [1.54, 1.807) is 0 Å². The second-order valence-electron chi connectivity index (χ2n) is 8.25. The van der Waals surface area contributed by atoms with Crippen LogP contribution in [0.3, 0.4) is 0 Å². The van der Waals surface area contributed by atoms with E-state index < -0.39 is 0 Å². The molecule has 0 saturated carbocycles. The van der Waals surface area contributed by atoms with Crippen LogP contribution < -0.4 is 5.73 Å². The van der Waals surface area contributed by atoms with Crippen molar-refractivity contribution in [1.29, 1.82) is 0 Å². The maximum absolute atomic E-state index is 5.67. The molecule has 3 heteroatoms. The molecular formula is C30H29N3. The Balaban J connectivity index is 1.56. The molecule has 0 radical (unpaired) electrons. The molecule has 0 aliphatic rings. The number of aromatic amines is 1. The topological polar surface area (TPSA) is 54.7 Å². The lowest BCUT2D eigenvalue weighted by Gasteiger charge is -2.04. The van der Waals surface area contributed by atoms with Gasteiger partial charge < -0.3 is 10.7 Å². The Hall–Kier alpha value is -3.87. The van der Waals surface area contributed by atoms with Crippen molar-refractivity contribution in [2.75, 3.05) is 0 Å². The van der Waals surface area contributed by atoms with E-state index in [0.29, 0.717) is 6.54 Å². The van der Waals surface area contributed by atoms with Crippen LogP contribution in [0.2, 0.25) is 0 Å². The summed E-state index contributed by atoms with van der Waals surface area (Å²) in [7, 11) is 0. The summed E-state index contributed by atoms with van der Waals surface area (Å²) in [6.07, 6.45) is 7.00. The lowest BCUT2D eigenvalue weighted by atomic mass is 10.0. The third kappa shape index (κ3) is 5.49. The predicted molar refractivity (Wildman–Crippen MR) is 139 cm³/mol. The van der Waals surface area contributed by atoms with E-state index in [9.17, 15) is 0 Å². The minimum absolute atomic E-state index is 0.545. The molecule has 0 aliphatic carbocycles. The molecule has 4 rings (SSSR count). The molecule has 3 nitrogen and oxygen atoms in total. The molecule has 0 fully saturated rings. The first kappa shape index (κ1) is 22.3. The number of imidazole rings is 1. The first-order valence-electron chi connectivity index (χ1n) is 11.3. The molecule has 0 unspecified atom stereocenters. The summed E-state index contributed by atoms with van der Waals surface area (Å²) in [5.74, 6) is 7.37. The van der Waals surface area contributed by atoms with Crippen molar-refractivity contribution >= 4 is 12.2 Å². The molecule has 4 aromatic rings. The summed E-state index contributed by atoms with van der Waals surface area (Å²) in [6.45, 7) is 6.95. The Morgan fingerprint density at radius 3 is 2.39 bits per heavy atom. The summed E-state index contributed by atoms with van der Waals surface area (Å²) in [5, 5.41) is 0. The van der Waals surface area contributed by atoms with Gasteiger partial charge in [-0.15, -0.1) is 0 Å². The zero-order valence-corrected chi connectivity index (χ0v) is 19.4. The molecule has 0 spiro atoms. The highest BCUT2D eigenvalue weighted by atomic mass is 14.9. The Bertz CT molecular complexity index is 1350.